The molecule has 1 atom stereocenters. The second-order valence-electron chi connectivity index (χ2n) is 8.17. The average molecular weight is 426 g/mol. The Kier molecular flexibility index (Phi) is 5.50. The van der Waals surface area contributed by atoms with Crippen molar-refractivity contribution >= 4 is 21.9 Å². The normalized spacial score (nSPS) is 12.8. The Balaban J connectivity index is 2.63. The summed E-state index contributed by atoms with van der Waals surface area (Å²) in [6.07, 6.45) is 0.608. The smallest absolute Gasteiger partial charge is 0.204 e. The van der Waals surface area contributed by atoms with E-state index in [4.69, 9.17) is 9.15 Å². The van der Waals surface area contributed by atoms with Crippen LogP contribution < -0.4 is 10.2 Å². The summed E-state index contributed by atoms with van der Waals surface area (Å²) in [6.45, 7) is 12.9. The Hall–Kier alpha value is -3.45. The van der Waals surface area contributed by atoms with Crippen LogP contribution in [0.25, 0.3) is 21.9 Å². The van der Waals surface area contributed by atoms with E-state index in [1.165, 1.54) is 19.2 Å². The van der Waals surface area contributed by atoms with Crippen molar-refractivity contribution in [1.82, 2.24) is 0 Å². The second-order valence-corrected chi connectivity index (χ2v) is 8.17. The molecule has 0 radical (unpaired) electrons. The topological polar surface area (TPSA) is 120 Å². The number of aromatic hydroxyl groups is 3. The number of allylic oxidation sites excluding steroid dienone is 1. The van der Waals surface area contributed by atoms with E-state index in [1.54, 1.807) is 13.0 Å². The molecule has 0 saturated carbocycles. The molecule has 0 amide bonds. The number of phenolic OH excluding ortho intramolecular Hbond substituents is 3. The van der Waals surface area contributed by atoms with Gasteiger partial charge in [-0.25, -0.2) is 0 Å². The Morgan fingerprint density at radius 3 is 2.42 bits per heavy atom. The molecule has 3 rings (SSSR count). The number of ether oxygens (including phenoxy) is 1. The zero-order valence-electron chi connectivity index (χ0n) is 17.9. The summed E-state index contributed by atoms with van der Waals surface area (Å²) in [5.74, 6) is -1.20. The summed E-state index contributed by atoms with van der Waals surface area (Å²) < 4.78 is 11.5. The number of aliphatic hydroxyl groups is 1. The van der Waals surface area contributed by atoms with Gasteiger partial charge in [0.1, 0.15) is 22.5 Å². The van der Waals surface area contributed by atoms with Gasteiger partial charge >= 0.3 is 0 Å². The third-order valence-electron chi connectivity index (χ3n) is 5.59. The summed E-state index contributed by atoms with van der Waals surface area (Å²) in [7, 11) is 1.41. The molecule has 0 fully saturated rings. The fourth-order valence-electron chi connectivity index (χ4n) is 3.61. The maximum absolute atomic E-state index is 13.4. The Morgan fingerprint density at radius 1 is 1.23 bits per heavy atom. The highest BCUT2D eigenvalue weighted by molar-refractivity contribution is 5.99. The van der Waals surface area contributed by atoms with Crippen molar-refractivity contribution < 1.29 is 29.6 Å². The Bertz CT molecular complexity index is 1280. The van der Waals surface area contributed by atoms with E-state index in [0.717, 1.165) is 0 Å². The summed E-state index contributed by atoms with van der Waals surface area (Å²) in [4.78, 5) is 13.4. The van der Waals surface area contributed by atoms with Crippen LogP contribution in [0.1, 0.15) is 31.9 Å². The van der Waals surface area contributed by atoms with E-state index < -0.39 is 28.4 Å². The number of rotatable bonds is 6. The van der Waals surface area contributed by atoms with Crippen LogP contribution in [0.3, 0.4) is 0 Å². The van der Waals surface area contributed by atoms with Gasteiger partial charge in [0.05, 0.1) is 18.6 Å². The van der Waals surface area contributed by atoms with Crippen molar-refractivity contribution in [2.24, 2.45) is 0 Å². The van der Waals surface area contributed by atoms with Crippen molar-refractivity contribution in [3.05, 3.63) is 58.3 Å². The maximum Gasteiger partial charge on any atom is 0.204 e. The van der Waals surface area contributed by atoms with Gasteiger partial charge < -0.3 is 29.6 Å². The monoisotopic (exact) mass is 426 g/mol. The SMILES string of the molecule is C=CC(C)(C)c1c(OC)c(CC(O)C(=C)C)c(O)c2c(=O)c3ccc(O)c(O)c3oc12. The van der Waals surface area contributed by atoms with Gasteiger partial charge in [-0.15, -0.1) is 6.58 Å². The van der Waals surface area contributed by atoms with Crippen molar-refractivity contribution in [1.29, 1.82) is 0 Å². The number of fused-ring (bicyclic) bond motifs is 2. The lowest BCUT2D eigenvalue weighted by Crippen LogP contribution is -2.20. The minimum Gasteiger partial charge on any atom is -0.507 e. The zero-order chi connectivity index (χ0) is 23.2. The second kappa shape index (κ2) is 7.67. The van der Waals surface area contributed by atoms with Gasteiger partial charge in [0.15, 0.2) is 11.3 Å². The number of hydrogen-bond acceptors (Lipinski definition) is 7. The lowest BCUT2D eigenvalue weighted by molar-refractivity contribution is 0.209. The largest absolute Gasteiger partial charge is 0.507 e. The quantitative estimate of drug-likeness (QED) is 0.267. The molecule has 4 N–H and O–H groups in total. The van der Waals surface area contributed by atoms with E-state index >= 15 is 0 Å². The molecule has 1 unspecified atom stereocenters. The predicted octanol–water partition coefficient (Wildman–Crippen LogP) is 4.01. The Morgan fingerprint density at radius 2 is 1.87 bits per heavy atom. The van der Waals surface area contributed by atoms with Gasteiger partial charge in [-0.2, -0.15) is 0 Å². The molecule has 0 saturated heterocycles. The summed E-state index contributed by atoms with van der Waals surface area (Å²) in [5, 5.41) is 41.5. The molecule has 31 heavy (non-hydrogen) atoms. The van der Waals surface area contributed by atoms with Crippen molar-refractivity contribution in [2.75, 3.05) is 7.11 Å². The fraction of sp³-hybridized carbons (Fsp3) is 0.292. The van der Waals surface area contributed by atoms with Crippen LogP contribution >= 0.6 is 0 Å². The molecule has 7 heteroatoms. The fourth-order valence-corrected chi connectivity index (χ4v) is 3.61. The van der Waals surface area contributed by atoms with Crippen LogP contribution in [-0.2, 0) is 11.8 Å². The first-order chi connectivity index (χ1) is 14.5. The molecule has 1 heterocycles. The van der Waals surface area contributed by atoms with Crippen LogP contribution in [0, 0.1) is 0 Å². The third-order valence-corrected chi connectivity index (χ3v) is 5.59. The molecule has 164 valence electrons. The van der Waals surface area contributed by atoms with Gasteiger partial charge in [-0.05, 0) is 19.1 Å². The third kappa shape index (κ3) is 3.41. The first kappa shape index (κ1) is 22.2. The molecular weight excluding hydrogens is 400 g/mol. The molecule has 3 aromatic rings. The molecule has 0 spiro atoms. The predicted molar refractivity (Wildman–Crippen MR) is 119 cm³/mol. The molecule has 2 aromatic carbocycles. The van der Waals surface area contributed by atoms with E-state index in [-0.39, 0.29) is 45.4 Å². The van der Waals surface area contributed by atoms with E-state index in [0.29, 0.717) is 11.1 Å². The standard InChI is InChI=1S/C24H26O7/c1-7-24(4,5)17-21(30-6)13(10-15(26)11(2)3)19(28)16-18(27)12-8-9-14(25)20(29)22(12)31-23(16)17/h7-9,15,25-26,28-29H,1-2,10H2,3-6H3. The lowest BCUT2D eigenvalue weighted by Gasteiger charge is -2.27. The average Bonchev–Trinajstić information content (AvgIpc) is 2.72. The number of aliphatic hydroxyl groups excluding tert-OH is 1. The summed E-state index contributed by atoms with van der Waals surface area (Å²) >= 11 is 0. The molecular formula is C24H26O7. The number of methoxy groups -OCH3 is 1. The van der Waals surface area contributed by atoms with Gasteiger partial charge in [-0.1, -0.05) is 32.1 Å². The molecule has 1 aromatic heterocycles. The first-order valence-corrected chi connectivity index (χ1v) is 9.67. The van der Waals surface area contributed by atoms with Crippen molar-refractivity contribution in [3.8, 4) is 23.0 Å². The lowest BCUT2D eigenvalue weighted by atomic mass is 9.80. The zero-order valence-corrected chi connectivity index (χ0v) is 17.9. The van der Waals surface area contributed by atoms with E-state index in [9.17, 15) is 25.2 Å². The number of benzene rings is 2. The van der Waals surface area contributed by atoms with Crippen LogP contribution in [0.5, 0.6) is 23.0 Å². The molecule has 0 aliphatic carbocycles. The van der Waals surface area contributed by atoms with E-state index in [2.05, 4.69) is 13.2 Å². The molecule has 0 aliphatic rings. The maximum atomic E-state index is 13.4. The molecule has 0 aliphatic heterocycles. The minimum absolute atomic E-state index is 0.00813. The van der Waals surface area contributed by atoms with Crippen LogP contribution in [-0.4, -0.2) is 33.6 Å². The first-order valence-electron chi connectivity index (χ1n) is 9.67. The highest BCUT2D eigenvalue weighted by Crippen LogP contribution is 2.47. The van der Waals surface area contributed by atoms with Crippen molar-refractivity contribution in [2.45, 2.75) is 38.7 Å². The van der Waals surface area contributed by atoms with Crippen LogP contribution in [0.4, 0.5) is 0 Å². The van der Waals surface area contributed by atoms with Gasteiger partial charge in [0.2, 0.25) is 11.2 Å². The van der Waals surface area contributed by atoms with Gasteiger partial charge in [0.25, 0.3) is 0 Å². The van der Waals surface area contributed by atoms with Crippen LogP contribution in [0.2, 0.25) is 0 Å². The van der Waals surface area contributed by atoms with Crippen molar-refractivity contribution in [3.63, 3.8) is 0 Å². The summed E-state index contributed by atoms with van der Waals surface area (Å²) in [5.41, 5.74) is -0.499. The minimum atomic E-state index is -0.981. The Labute approximate surface area is 179 Å². The highest BCUT2D eigenvalue weighted by Gasteiger charge is 2.33. The van der Waals surface area contributed by atoms with Gasteiger partial charge in [0, 0.05) is 23.0 Å². The number of hydrogen-bond donors (Lipinski definition) is 4. The highest BCUT2D eigenvalue weighted by atomic mass is 16.5. The number of phenols is 3. The van der Waals surface area contributed by atoms with E-state index in [1.807, 2.05) is 13.8 Å². The molecule has 0 bridgehead atoms. The van der Waals surface area contributed by atoms with Gasteiger partial charge in [-0.3, -0.25) is 4.79 Å². The van der Waals surface area contributed by atoms with Crippen LogP contribution in [0.15, 0.2) is 46.2 Å². The molecule has 7 nitrogen and oxygen atoms in total. The summed E-state index contributed by atoms with van der Waals surface area (Å²) in [6, 6.07) is 2.47.